The van der Waals surface area contributed by atoms with Gasteiger partial charge in [0.25, 0.3) is 0 Å². The fraction of sp³-hybridized carbons (Fsp3) is 0.400. The van der Waals surface area contributed by atoms with E-state index in [9.17, 15) is 9.59 Å². The highest BCUT2D eigenvalue weighted by Gasteiger charge is 2.27. The van der Waals surface area contributed by atoms with Gasteiger partial charge in [-0.3, -0.25) is 10.1 Å². The van der Waals surface area contributed by atoms with Crippen molar-refractivity contribution >= 4 is 23.7 Å². The summed E-state index contributed by atoms with van der Waals surface area (Å²) in [5.41, 5.74) is 7.96. The lowest BCUT2D eigenvalue weighted by atomic mass is 10.1. The van der Waals surface area contributed by atoms with Gasteiger partial charge in [-0.25, -0.2) is 4.79 Å². The average molecular weight is 348 g/mol. The molecule has 3 amide bonds. The summed E-state index contributed by atoms with van der Waals surface area (Å²) in [6.45, 7) is 7.70. The van der Waals surface area contributed by atoms with E-state index in [2.05, 4.69) is 20.8 Å². The number of nitrogens with two attached hydrogens (primary N) is 1. The molecule has 0 fully saturated rings. The molecular weight excluding hydrogens is 328 g/mol. The molecule has 24 heavy (non-hydrogen) atoms. The fourth-order valence-corrected chi connectivity index (χ4v) is 3.31. The van der Waals surface area contributed by atoms with Crippen LogP contribution in [0.3, 0.4) is 0 Å². The Morgan fingerprint density at radius 1 is 1.25 bits per heavy atom. The summed E-state index contributed by atoms with van der Waals surface area (Å²) in [4.78, 5) is 23.1. The van der Waals surface area contributed by atoms with Gasteiger partial charge in [0.05, 0.1) is 10.9 Å². The number of amides is 3. The number of tetrazole rings is 1. The molecule has 0 spiro atoms. The molecule has 0 aliphatic heterocycles. The quantitative estimate of drug-likeness (QED) is 0.793. The fourth-order valence-electron chi connectivity index (χ4n) is 2.33. The molecule has 1 atom stereocenters. The zero-order valence-electron chi connectivity index (χ0n) is 14.0. The zero-order valence-corrected chi connectivity index (χ0v) is 14.8. The van der Waals surface area contributed by atoms with E-state index < -0.39 is 17.2 Å². The average Bonchev–Trinajstić information content (AvgIpc) is 2.91. The van der Waals surface area contributed by atoms with Gasteiger partial charge in [-0.1, -0.05) is 43.8 Å². The van der Waals surface area contributed by atoms with Gasteiger partial charge in [0.1, 0.15) is 0 Å². The van der Waals surface area contributed by atoms with Crippen LogP contribution in [-0.4, -0.2) is 37.4 Å². The van der Waals surface area contributed by atoms with E-state index in [0.29, 0.717) is 5.16 Å². The summed E-state index contributed by atoms with van der Waals surface area (Å²) >= 11 is 1.20. The second-order valence-electron chi connectivity index (χ2n) is 5.75. The molecule has 0 saturated carbocycles. The minimum absolute atomic E-state index is 0.0440. The van der Waals surface area contributed by atoms with E-state index in [1.54, 1.807) is 4.68 Å². The molecule has 0 radical (unpaired) electrons. The van der Waals surface area contributed by atoms with E-state index >= 15 is 0 Å². The Morgan fingerprint density at radius 3 is 2.42 bits per heavy atom. The number of para-hydroxylation sites is 1. The Balaban J connectivity index is 2.35. The van der Waals surface area contributed by atoms with E-state index in [-0.39, 0.29) is 5.92 Å². The van der Waals surface area contributed by atoms with Gasteiger partial charge in [0.2, 0.25) is 11.1 Å². The van der Waals surface area contributed by atoms with Crippen LogP contribution in [0, 0.1) is 19.8 Å². The van der Waals surface area contributed by atoms with E-state index in [1.165, 1.54) is 11.8 Å². The number of hydrogen-bond donors (Lipinski definition) is 2. The normalized spacial score (nSPS) is 12.2. The number of nitrogens with one attached hydrogen (secondary N) is 1. The number of hydrogen-bond acceptors (Lipinski definition) is 6. The third-order valence-corrected chi connectivity index (χ3v) is 4.91. The Kier molecular flexibility index (Phi) is 5.55. The monoisotopic (exact) mass is 348 g/mol. The number of rotatable bonds is 5. The third kappa shape index (κ3) is 3.91. The Bertz CT molecular complexity index is 738. The second kappa shape index (κ2) is 7.43. The maximum absolute atomic E-state index is 12.2. The predicted octanol–water partition coefficient (Wildman–Crippen LogP) is 1.59. The molecule has 2 aromatic rings. The van der Waals surface area contributed by atoms with Crippen LogP contribution in [-0.2, 0) is 4.79 Å². The van der Waals surface area contributed by atoms with Crippen molar-refractivity contribution in [2.75, 3.05) is 0 Å². The van der Waals surface area contributed by atoms with Crippen molar-refractivity contribution in [3.8, 4) is 5.69 Å². The van der Waals surface area contributed by atoms with Gasteiger partial charge in [0, 0.05) is 0 Å². The van der Waals surface area contributed by atoms with Gasteiger partial charge in [0.15, 0.2) is 0 Å². The number of benzene rings is 1. The number of primary amides is 1. The Morgan fingerprint density at radius 2 is 1.88 bits per heavy atom. The summed E-state index contributed by atoms with van der Waals surface area (Å²) in [6.07, 6.45) is 0. The number of carbonyl (C=O) groups is 2. The van der Waals surface area contributed by atoms with Crippen molar-refractivity contribution in [3.63, 3.8) is 0 Å². The number of imide groups is 1. The highest BCUT2D eigenvalue weighted by Crippen LogP contribution is 2.29. The van der Waals surface area contributed by atoms with Gasteiger partial charge in [-0.15, -0.1) is 5.10 Å². The van der Waals surface area contributed by atoms with Crippen LogP contribution >= 0.6 is 11.8 Å². The molecule has 3 N–H and O–H groups in total. The van der Waals surface area contributed by atoms with Crippen LogP contribution in [0.1, 0.15) is 25.0 Å². The summed E-state index contributed by atoms with van der Waals surface area (Å²) < 4.78 is 1.61. The molecule has 128 valence electrons. The molecule has 0 aliphatic carbocycles. The molecule has 2 rings (SSSR count). The molecule has 1 aromatic carbocycles. The topological polar surface area (TPSA) is 116 Å². The first-order chi connectivity index (χ1) is 11.3. The lowest BCUT2D eigenvalue weighted by Crippen LogP contribution is -2.42. The summed E-state index contributed by atoms with van der Waals surface area (Å²) in [6, 6.07) is 5.03. The van der Waals surface area contributed by atoms with Crippen molar-refractivity contribution in [2.24, 2.45) is 11.7 Å². The lowest BCUT2D eigenvalue weighted by molar-refractivity contribution is -0.120. The number of aryl methyl sites for hydroxylation is 2. The minimum Gasteiger partial charge on any atom is -0.351 e. The third-order valence-electron chi connectivity index (χ3n) is 3.43. The largest absolute Gasteiger partial charge is 0.351 e. The first-order valence-corrected chi connectivity index (χ1v) is 8.31. The summed E-state index contributed by atoms with van der Waals surface area (Å²) in [5.74, 6) is -0.504. The summed E-state index contributed by atoms with van der Waals surface area (Å²) in [7, 11) is 0. The number of carbonyl (C=O) groups excluding carboxylic acids is 2. The molecule has 0 aliphatic rings. The lowest BCUT2D eigenvalue weighted by Gasteiger charge is -2.18. The standard InChI is InChI=1S/C15H20N6O2S/c1-8(2)12(13(22)17-14(16)23)24-15-18-19-20-21(15)11-9(3)6-5-7-10(11)4/h5-8,12H,1-4H3,(H3,16,17,22,23)/t12-/m1/s1. The summed E-state index contributed by atoms with van der Waals surface area (Å²) in [5, 5.41) is 13.9. The number of aromatic nitrogens is 4. The Hall–Kier alpha value is -2.42. The highest BCUT2D eigenvalue weighted by atomic mass is 32.2. The van der Waals surface area contributed by atoms with Crippen molar-refractivity contribution in [3.05, 3.63) is 29.3 Å². The maximum Gasteiger partial charge on any atom is 0.318 e. The minimum atomic E-state index is -0.874. The predicted molar refractivity (Wildman–Crippen MR) is 90.8 cm³/mol. The van der Waals surface area contributed by atoms with Crippen molar-refractivity contribution in [2.45, 2.75) is 38.1 Å². The van der Waals surface area contributed by atoms with Crippen LogP contribution in [0.2, 0.25) is 0 Å². The van der Waals surface area contributed by atoms with Gasteiger partial charge in [-0.2, -0.15) is 4.68 Å². The zero-order chi connectivity index (χ0) is 17.9. The molecule has 9 heteroatoms. The van der Waals surface area contributed by atoms with E-state index in [4.69, 9.17) is 5.73 Å². The first kappa shape index (κ1) is 17.9. The van der Waals surface area contributed by atoms with Crippen molar-refractivity contribution in [1.82, 2.24) is 25.5 Å². The van der Waals surface area contributed by atoms with E-state index in [0.717, 1.165) is 16.8 Å². The molecule has 0 bridgehead atoms. The van der Waals surface area contributed by atoms with Gasteiger partial charge in [-0.05, 0) is 41.3 Å². The number of thioether (sulfide) groups is 1. The van der Waals surface area contributed by atoms with Gasteiger partial charge >= 0.3 is 6.03 Å². The Labute approximate surface area is 144 Å². The van der Waals surface area contributed by atoms with Crippen LogP contribution < -0.4 is 11.1 Å². The SMILES string of the molecule is Cc1cccc(C)c1-n1nnnc1S[C@@H](C(=O)NC(N)=O)C(C)C. The molecule has 0 saturated heterocycles. The van der Waals surface area contributed by atoms with Crippen molar-refractivity contribution < 1.29 is 9.59 Å². The smallest absolute Gasteiger partial charge is 0.318 e. The van der Waals surface area contributed by atoms with Crippen molar-refractivity contribution in [1.29, 1.82) is 0 Å². The van der Waals surface area contributed by atoms with Crippen LogP contribution in [0.25, 0.3) is 5.69 Å². The van der Waals surface area contributed by atoms with E-state index in [1.807, 2.05) is 45.9 Å². The number of urea groups is 1. The molecule has 1 aromatic heterocycles. The molecule has 1 heterocycles. The highest BCUT2D eigenvalue weighted by molar-refractivity contribution is 8.00. The second-order valence-corrected chi connectivity index (χ2v) is 6.86. The first-order valence-electron chi connectivity index (χ1n) is 7.43. The maximum atomic E-state index is 12.2. The molecular formula is C15H20N6O2S. The molecule has 8 nitrogen and oxygen atoms in total. The van der Waals surface area contributed by atoms with Crippen LogP contribution in [0.5, 0.6) is 0 Å². The van der Waals surface area contributed by atoms with Gasteiger partial charge < -0.3 is 5.73 Å². The number of nitrogens with zero attached hydrogens (tertiary/aromatic N) is 4. The van der Waals surface area contributed by atoms with Crippen LogP contribution in [0.15, 0.2) is 23.4 Å². The molecule has 0 unspecified atom stereocenters. The van der Waals surface area contributed by atoms with Crippen LogP contribution in [0.4, 0.5) is 4.79 Å².